The monoisotopic (exact) mass is 1060 g/mol. The Morgan fingerprint density at radius 3 is 2.08 bits per heavy atom. The van der Waals surface area contributed by atoms with Gasteiger partial charge in [0, 0.05) is 56.0 Å². The fourth-order valence-corrected chi connectivity index (χ4v) is 13.2. The summed E-state index contributed by atoms with van der Waals surface area (Å²) in [6.07, 6.45) is -8.80. The lowest BCUT2D eigenvalue weighted by molar-refractivity contribution is -0.346. The molecule has 1 aromatic heterocycles. The van der Waals surface area contributed by atoms with E-state index in [9.17, 15) is 34.2 Å². The van der Waals surface area contributed by atoms with Gasteiger partial charge in [0.05, 0.1) is 29.6 Å². The second kappa shape index (κ2) is 22.5. The number of rotatable bonds is 17. The number of Topliss-reactive ketones (excluding diaryl/α,β-unsaturated/α-hetero) is 1. The normalized spacial score (nSPS) is 28.2. The van der Waals surface area contributed by atoms with Crippen LogP contribution < -0.4 is 5.32 Å². The Balaban J connectivity index is 1.24. The zero-order chi connectivity index (χ0) is 53.9. The lowest BCUT2D eigenvalue weighted by Gasteiger charge is -2.67. The van der Waals surface area contributed by atoms with Crippen molar-refractivity contribution >= 4 is 63.1 Å². The molecule has 0 radical (unpaired) electrons. The van der Waals surface area contributed by atoms with E-state index in [4.69, 9.17) is 28.4 Å². The zero-order valence-electron chi connectivity index (χ0n) is 42.3. The van der Waals surface area contributed by atoms with Gasteiger partial charge in [0.1, 0.15) is 35.0 Å². The number of carbonyl (C=O) groups excluding carboxylic acids is 7. The highest BCUT2D eigenvalue weighted by Crippen LogP contribution is 2.64. The minimum absolute atomic E-state index is 0.0259. The number of esters is 5. The van der Waals surface area contributed by atoms with Gasteiger partial charge in [-0.1, -0.05) is 97.4 Å². The van der Waals surface area contributed by atoms with Gasteiger partial charge in [-0.25, -0.2) is 14.6 Å². The highest BCUT2D eigenvalue weighted by atomic mass is 33.1. The second-order valence-electron chi connectivity index (χ2n) is 20.0. The van der Waals surface area contributed by atoms with E-state index in [2.05, 4.69) is 10.3 Å². The number of aliphatic hydroxyl groups is 2. The van der Waals surface area contributed by atoms with Gasteiger partial charge in [0.15, 0.2) is 17.5 Å². The van der Waals surface area contributed by atoms with E-state index in [0.29, 0.717) is 17.7 Å². The van der Waals surface area contributed by atoms with Crippen molar-refractivity contribution in [1.82, 2.24) is 10.3 Å². The van der Waals surface area contributed by atoms with Crippen LogP contribution in [0.1, 0.15) is 99.5 Å². The molecule has 3 N–H and O–H groups in total. The average Bonchev–Trinajstić information content (AvgIpc) is 3.46. The number of aromatic nitrogens is 1. The number of amides is 1. The maximum atomic E-state index is 15.8. The van der Waals surface area contributed by atoms with Crippen LogP contribution in [0.5, 0.6) is 0 Å². The van der Waals surface area contributed by atoms with Crippen molar-refractivity contribution in [3.8, 4) is 0 Å². The molecule has 1 amide bonds. The molecule has 8 rings (SSSR count). The molecule has 396 valence electrons. The van der Waals surface area contributed by atoms with Crippen molar-refractivity contribution in [3.05, 3.63) is 143 Å². The smallest absolute Gasteiger partial charge is 0.350 e. The topological polar surface area (TPSA) is 240 Å². The molecule has 11 atom stereocenters. The summed E-state index contributed by atoms with van der Waals surface area (Å²) in [4.78, 5) is 104. The number of nitrogens with zero attached hydrogens (tertiary/aromatic N) is 1. The number of nitrogens with one attached hydrogen (secondary N) is 1. The molecule has 3 aromatic carbocycles. The first-order valence-corrected chi connectivity index (χ1v) is 27.0. The minimum Gasteiger partial charge on any atom is -0.455 e. The largest absolute Gasteiger partial charge is 0.455 e. The molecule has 3 aliphatic carbocycles. The molecule has 4 aromatic rings. The quantitative estimate of drug-likeness (QED) is 0.0320. The Bertz CT molecular complexity index is 2820. The summed E-state index contributed by atoms with van der Waals surface area (Å²) in [6, 6.07) is 28.6. The van der Waals surface area contributed by atoms with Gasteiger partial charge in [-0.05, 0) is 84.2 Å². The molecule has 75 heavy (non-hydrogen) atoms. The molecule has 4 aliphatic rings. The zero-order valence-corrected chi connectivity index (χ0v) is 43.9. The fraction of sp³-hybridized carbons (Fsp3) is 0.429. The van der Waals surface area contributed by atoms with E-state index < -0.39 is 119 Å². The molecule has 1 unspecified atom stereocenters. The molecule has 17 nitrogen and oxygen atoms in total. The Hall–Kier alpha value is -6.38. The standard InChI is InChI=1S/C56H60N2O15S2/c1-32-38(70-52(66)46(71-42(62)26-18-28-74-75-41-25-16-17-27-57-41)44(35-19-10-7-11-20-35)58-50(64)36-21-12-8-13-22-36)30-56(67)49(72-51(65)37-23-14-9-15-24-37)47-54(6,39(61)29-40-55(47,31-68-40)73-34(3)60)48(63)45(69-33(2)59)43(32)53(56,4)5/h7-17,19-25,27,38-40,44-47,49,61,67H,18,26,28-31H2,1-6H3,(H,58,64)/t38-,39-,40+,44?,45+,46+,47-,49-,54+,55-,56+/m0/s1. The fourth-order valence-electron chi connectivity index (χ4n) is 11.3. The number of hydrogen-bond acceptors (Lipinski definition) is 18. The van der Waals surface area contributed by atoms with E-state index in [1.165, 1.54) is 47.6 Å². The third-order valence-electron chi connectivity index (χ3n) is 15.1. The molecule has 0 spiro atoms. The van der Waals surface area contributed by atoms with Crippen molar-refractivity contribution in [2.45, 2.75) is 126 Å². The van der Waals surface area contributed by atoms with Crippen molar-refractivity contribution in [2.75, 3.05) is 12.4 Å². The van der Waals surface area contributed by atoms with Crippen LogP contribution in [-0.2, 0) is 52.4 Å². The number of hydrogen-bond donors (Lipinski definition) is 3. The molecule has 2 heterocycles. The van der Waals surface area contributed by atoms with Gasteiger partial charge in [-0.3, -0.25) is 24.0 Å². The van der Waals surface area contributed by atoms with Crippen LogP contribution in [0.4, 0.5) is 0 Å². The van der Waals surface area contributed by atoms with Crippen LogP contribution in [0.2, 0.25) is 0 Å². The predicted molar refractivity (Wildman–Crippen MR) is 273 cm³/mol. The first kappa shape index (κ1) is 54.9. The van der Waals surface area contributed by atoms with Crippen molar-refractivity contribution in [1.29, 1.82) is 0 Å². The average molecular weight is 1070 g/mol. The second-order valence-corrected chi connectivity index (χ2v) is 22.4. The van der Waals surface area contributed by atoms with Crippen LogP contribution in [-0.4, -0.2) is 117 Å². The van der Waals surface area contributed by atoms with E-state index in [1.54, 1.807) is 105 Å². The molecular weight excluding hydrogens is 1000 g/mol. The third kappa shape index (κ3) is 10.7. The van der Waals surface area contributed by atoms with Crippen molar-refractivity contribution in [2.24, 2.45) is 16.7 Å². The van der Waals surface area contributed by atoms with Gasteiger partial charge in [0.2, 0.25) is 6.10 Å². The molecule has 3 fully saturated rings. The van der Waals surface area contributed by atoms with Gasteiger partial charge >= 0.3 is 29.8 Å². The molecule has 19 heteroatoms. The van der Waals surface area contributed by atoms with Gasteiger partial charge < -0.3 is 44.0 Å². The third-order valence-corrected chi connectivity index (χ3v) is 17.5. The van der Waals surface area contributed by atoms with E-state index >= 15 is 9.59 Å². The lowest BCUT2D eigenvalue weighted by atomic mass is 9.44. The van der Waals surface area contributed by atoms with Crippen LogP contribution in [0.15, 0.2) is 132 Å². The summed E-state index contributed by atoms with van der Waals surface area (Å²) in [5.41, 5.74) is -7.31. The van der Waals surface area contributed by atoms with E-state index in [1.807, 2.05) is 12.1 Å². The summed E-state index contributed by atoms with van der Waals surface area (Å²) in [7, 11) is 2.91. The Labute approximate surface area is 442 Å². The minimum atomic E-state index is -2.45. The first-order chi connectivity index (χ1) is 35.7. The summed E-state index contributed by atoms with van der Waals surface area (Å²) >= 11 is 0. The van der Waals surface area contributed by atoms with Gasteiger partial charge in [0.25, 0.3) is 5.91 Å². The Morgan fingerprint density at radius 1 is 0.840 bits per heavy atom. The summed E-state index contributed by atoms with van der Waals surface area (Å²) < 4.78 is 37.1. The maximum absolute atomic E-state index is 15.8. The number of ether oxygens (including phenoxy) is 6. The van der Waals surface area contributed by atoms with Gasteiger partial charge in [-0.2, -0.15) is 0 Å². The van der Waals surface area contributed by atoms with Crippen LogP contribution >= 0.6 is 21.6 Å². The van der Waals surface area contributed by atoms with Crippen LogP contribution in [0, 0.1) is 16.7 Å². The van der Waals surface area contributed by atoms with Crippen molar-refractivity contribution in [3.63, 3.8) is 0 Å². The number of pyridine rings is 1. The Kier molecular flexibility index (Phi) is 16.4. The van der Waals surface area contributed by atoms with Crippen LogP contribution in [0.3, 0.4) is 0 Å². The highest BCUT2D eigenvalue weighted by molar-refractivity contribution is 8.76. The van der Waals surface area contributed by atoms with E-state index in [0.717, 1.165) is 18.9 Å². The Morgan fingerprint density at radius 2 is 1.48 bits per heavy atom. The number of ketones is 1. The molecule has 1 saturated heterocycles. The predicted octanol–water partition coefficient (Wildman–Crippen LogP) is 6.90. The highest BCUT2D eigenvalue weighted by Gasteiger charge is 2.78. The number of aliphatic hydroxyl groups excluding tert-OH is 1. The van der Waals surface area contributed by atoms with Crippen LogP contribution in [0.25, 0.3) is 0 Å². The molecular formula is C56H60N2O15S2. The molecule has 2 bridgehead atoms. The van der Waals surface area contributed by atoms with Gasteiger partial charge in [-0.15, -0.1) is 0 Å². The van der Waals surface area contributed by atoms with Crippen molar-refractivity contribution < 1.29 is 72.2 Å². The molecule has 1 aliphatic heterocycles. The summed E-state index contributed by atoms with van der Waals surface area (Å²) in [5.74, 6) is -7.21. The number of carbonyl (C=O) groups is 7. The maximum Gasteiger partial charge on any atom is 0.350 e. The summed E-state index contributed by atoms with van der Waals surface area (Å²) in [6.45, 7) is 7.97. The molecule has 2 saturated carbocycles. The first-order valence-electron chi connectivity index (χ1n) is 24.6. The van der Waals surface area contributed by atoms with E-state index in [-0.39, 0.29) is 41.7 Å². The number of fused-ring (bicyclic) bond motifs is 5. The SMILES string of the molecule is CC(=O)O[C@H]1C(=O)[C@@]2(C)[C@H]([C@H](OC(=O)c3ccccc3)[C@]3(O)C[C@H](OC(=O)[C@H](OC(=O)CCCSSc4ccccn4)C(NC(=O)c4ccccc4)c4ccccc4)C(C)=C1C3(C)C)[C@]1(OC(C)=O)CO[C@@H]1C[C@@H]2O. The number of benzene rings is 3. The lowest BCUT2D eigenvalue weighted by Crippen LogP contribution is -2.82. The summed E-state index contributed by atoms with van der Waals surface area (Å²) in [5, 5.41) is 29.9.